The average molecular weight is 327 g/mol. The molecule has 3 aromatic rings. The van der Waals surface area contributed by atoms with E-state index in [1.165, 1.54) is 0 Å². The van der Waals surface area contributed by atoms with Gasteiger partial charge in [-0.25, -0.2) is 4.98 Å². The van der Waals surface area contributed by atoms with Crippen molar-refractivity contribution in [2.24, 2.45) is 0 Å². The van der Waals surface area contributed by atoms with E-state index in [1.807, 2.05) is 0 Å². The first-order valence-corrected chi connectivity index (χ1v) is 7.38. The number of hydrogen-bond donors (Lipinski definition) is 0. The van der Waals surface area contributed by atoms with Crippen molar-refractivity contribution in [1.29, 1.82) is 0 Å². The summed E-state index contributed by atoms with van der Waals surface area (Å²) >= 11 is 0. The summed E-state index contributed by atoms with van der Waals surface area (Å²) < 4.78 is 21.2. The zero-order chi connectivity index (χ0) is 17.1. The van der Waals surface area contributed by atoms with E-state index >= 15 is 0 Å². The Morgan fingerprint density at radius 2 is 1.88 bits per heavy atom. The van der Waals surface area contributed by atoms with Gasteiger partial charge in [0.1, 0.15) is 22.8 Å². The van der Waals surface area contributed by atoms with Crippen LogP contribution in [0.3, 0.4) is 0 Å². The molecule has 0 fully saturated rings. The lowest BCUT2D eigenvalue weighted by atomic mass is 10.1. The van der Waals surface area contributed by atoms with E-state index in [-0.39, 0.29) is 6.42 Å². The Balaban J connectivity index is 1.74. The first-order chi connectivity index (χ1) is 11.6. The number of carbonyl (C=O) groups is 1. The summed E-state index contributed by atoms with van der Waals surface area (Å²) in [5.74, 6) is 1.84. The molecule has 6 nitrogen and oxygen atoms in total. The van der Waals surface area contributed by atoms with E-state index in [9.17, 15) is 4.79 Å². The molecule has 2 aromatic carbocycles. The fraction of sp³-hybridized carbons (Fsp3) is 0.222. The largest absolute Gasteiger partial charge is 0.497 e. The molecule has 0 N–H and O–H groups in total. The monoisotopic (exact) mass is 327 g/mol. The highest BCUT2D eigenvalue weighted by Crippen LogP contribution is 2.26. The number of aryl methyl sites for hydroxylation is 1. The number of oxazole rings is 1. The molecule has 3 rings (SSSR count). The predicted molar refractivity (Wildman–Crippen MR) is 87.6 cm³/mol. The lowest BCUT2D eigenvalue weighted by Crippen LogP contribution is -2.12. The SMILES string of the molecule is COc1ccc(CC(=O)Oc2ccc3oc(C)nc3c2)c(OC)c1. The Hall–Kier alpha value is -3.02. The number of rotatable bonds is 5. The zero-order valence-electron chi connectivity index (χ0n) is 13.7. The number of hydrogen-bond acceptors (Lipinski definition) is 6. The lowest BCUT2D eigenvalue weighted by molar-refractivity contribution is -0.133. The van der Waals surface area contributed by atoms with Gasteiger partial charge >= 0.3 is 5.97 Å². The normalized spacial score (nSPS) is 10.6. The molecule has 6 heteroatoms. The Morgan fingerprint density at radius 1 is 1.08 bits per heavy atom. The molecule has 0 amide bonds. The van der Waals surface area contributed by atoms with Crippen LogP contribution in [-0.2, 0) is 11.2 Å². The highest BCUT2D eigenvalue weighted by atomic mass is 16.5. The van der Waals surface area contributed by atoms with Gasteiger partial charge in [0.2, 0.25) is 0 Å². The first-order valence-electron chi connectivity index (χ1n) is 7.38. The van der Waals surface area contributed by atoms with E-state index < -0.39 is 5.97 Å². The quantitative estimate of drug-likeness (QED) is 0.529. The van der Waals surface area contributed by atoms with Gasteiger partial charge in [0.15, 0.2) is 11.5 Å². The van der Waals surface area contributed by atoms with Gasteiger partial charge in [-0.3, -0.25) is 4.79 Å². The minimum atomic E-state index is -0.391. The number of esters is 1. The molecule has 0 atom stereocenters. The highest BCUT2D eigenvalue weighted by molar-refractivity contribution is 5.79. The molecular weight excluding hydrogens is 310 g/mol. The molecule has 0 aliphatic rings. The van der Waals surface area contributed by atoms with Crippen LogP contribution in [0, 0.1) is 6.92 Å². The Kier molecular flexibility index (Phi) is 4.37. The van der Waals surface area contributed by atoms with Gasteiger partial charge in [0.25, 0.3) is 0 Å². The summed E-state index contributed by atoms with van der Waals surface area (Å²) in [5.41, 5.74) is 2.03. The maximum absolute atomic E-state index is 12.2. The summed E-state index contributed by atoms with van der Waals surface area (Å²) in [4.78, 5) is 16.4. The molecule has 0 aliphatic carbocycles. The Labute approximate surface area is 139 Å². The molecule has 0 bridgehead atoms. The van der Waals surface area contributed by atoms with Crippen molar-refractivity contribution in [3.8, 4) is 17.2 Å². The maximum Gasteiger partial charge on any atom is 0.315 e. The second-order valence-corrected chi connectivity index (χ2v) is 5.19. The second kappa shape index (κ2) is 6.62. The van der Waals surface area contributed by atoms with Crippen molar-refractivity contribution in [2.45, 2.75) is 13.3 Å². The van der Waals surface area contributed by atoms with E-state index in [4.69, 9.17) is 18.6 Å². The molecular formula is C18H17NO5. The number of benzene rings is 2. The number of fused-ring (bicyclic) bond motifs is 1. The summed E-state index contributed by atoms with van der Waals surface area (Å²) in [7, 11) is 3.12. The highest BCUT2D eigenvalue weighted by Gasteiger charge is 2.13. The molecule has 124 valence electrons. The summed E-state index contributed by atoms with van der Waals surface area (Å²) in [5, 5.41) is 0. The molecule has 1 heterocycles. The minimum Gasteiger partial charge on any atom is -0.497 e. The molecule has 0 aliphatic heterocycles. The van der Waals surface area contributed by atoms with Crippen LogP contribution in [0.1, 0.15) is 11.5 Å². The maximum atomic E-state index is 12.2. The van der Waals surface area contributed by atoms with Crippen molar-refractivity contribution >= 4 is 17.1 Å². The first kappa shape index (κ1) is 15.9. The minimum absolute atomic E-state index is 0.0864. The topological polar surface area (TPSA) is 70.8 Å². The van der Waals surface area contributed by atoms with Crippen LogP contribution >= 0.6 is 0 Å². The van der Waals surface area contributed by atoms with Gasteiger partial charge in [-0.1, -0.05) is 6.07 Å². The van der Waals surface area contributed by atoms with E-state index in [2.05, 4.69) is 4.98 Å². The predicted octanol–water partition coefficient (Wildman–Crippen LogP) is 3.30. The molecule has 0 radical (unpaired) electrons. The van der Waals surface area contributed by atoms with Crippen LogP contribution in [0.4, 0.5) is 0 Å². The van der Waals surface area contributed by atoms with Crippen molar-refractivity contribution in [2.75, 3.05) is 14.2 Å². The van der Waals surface area contributed by atoms with Crippen LogP contribution in [0.15, 0.2) is 40.8 Å². The third kappa shape index (κ3) is 3.32. The smallest absolute Gasteiger partial charge is 0.315 e. The number of nitrogens with zero attached hydrogens (tertiary/aromatic N) is 1. The molecule has 0 unspecified atom stereocenters. The Morgan fingerprint density at radius 3 is 2.62 bits per heavy atom. The van der Waals surface area contributed by atoms with Crippen LogP contribution in [0.25, 0.3) is 11.1 Å². The third-order valence-corrected chi connectivity index (χ3v) is 3.53. The van der Waals surface area contributed by atoms with Crippen LogP contribution in [-0.4, -0.2) is 25.2 Å². The van der Waals surface area contributed by atoms with Gasteiger partial charge in [0, 0.05) is 24.6 Å². The number of aromatic nitrogens is 1. The fourth-order valence-electron chi connectivity index (χ4n) is 2.41. The fourth-order valence-corrected chi connectivity index (χ4v) is 2.41. The van der Waals surface area contributed by atoms with E-state index in [1.54, 1.807) is 57.5 Å². The molecule has 0 saturated carbocycles. The Bertz CT molecular complexity index is 884. The van der Waals surface area contributed by atoms with Crippen molar-refractivity contribution in [3.63, 3.8) is 0 Å². The zero-order valence-corrected chi connectivity index (χ0v) is 13.7. The van der Waals surface area contributed by atoms with Crippen LogP contribution in [0.2, 0.25) is 0 Å². The van der Waals surface area contributed by atoms with E-state index in [0.717, 1.165) is 5.56 Å². The van der Waals surface area contributed by atoms with E-state index in [0.29, 0.717) is 34.2 Å². The lowest BCUT2D eigenvalue weighted by Gasteiger charge is -2.10. The summed E-state index contributed by atoms with van der Waals surface area (Å²) in [6.45, 7) is 1.77. The molecule has 24 heavy (non-hydrogen) atoms. The van der Waals surface area contributed by atoms with Crippen molar-refractivity contribution < 1.29 is 23.4 Å². The summed E-state index contributed by atoms with van der Waals surface area (Å²) in [6, 6.07) is 10.4. The van der Waals surface area contributed by atoms with Gasteiger partial charge in [0.05, 0.1) is 20.6 Å². The third-order valence-electron chi connectivity index (χ3n) is 3.53. The van der Waals surface area contributed by atoms with Gasteiger partial charge < -0.3 is 18.6 Å². The van der Waals surface area contributed by atoms with Gasteiger partial charge in [-0.2, -0.15) is 0 Å². The average Bonchev–Trinajstić information content (AvgIpc) is 2.94. The van der Waals surface area contributed by atoms with Crippen LogP contribution < -0.4 is 14.2 Å². The van der Waals surface area contributed by atoms with Crippen molar-refractivity contribution in [1.82, 2.24) is 4.98 Å². The van der Waals surface area contributed by atoms with Crippen molar-refractivity contribution in [3.05, 3.63) is 47.9 Å². The molecule has 0 spiro atoms. The standard InChI is InChI=1S/C18H17NO5/c1-11-19-15-9-14(6-7-16(15)23-11)24-18(20)8-12-4-5-13(21-2)10-17(12)22-3/h4-7,9-10H,8H2,1-3H3. The second-order valence-electron chi connectivity index (χ2n) is 5.19. The van der Waals surface area contributed by atoms with Crippen LogP contribution in [0.5, 0.6) is 17.2 Å². The molecule has 0 saturated heterocycles. The number of ether oxygens (including phenoxy) is 3. The number of carbonyl (C=O) groups excluding carboxylic acids is 1. The van der Waals surface area contributed by atoms with Gasteiger partial charge in [-0.15, -0.1) is 0 Å². The summed E-state index contributed by atoms with van der Waals surface area (Å²) in [6.07, 6.45) is 0.0864. The van der Waals surface area contributed by atoms with Gasteiger partial charge in [-0.05, 0) is 18.2 Å². The molecule has 1 aromatic heterocycles. The number of methoxy groups -OCH3 is 2.